The van der Waals surface area contributed by atoms with E-state index >= 15 is 0 Å². The number of nitrogens with zero attached hydrogens (tertiary/aromatic N) is 4. The molecule has 1 saturated heterocycles. The van der Waals surface area contributed by atoms with Gasteiger partial charge in [-0.1, -0.05) is 12.1 Å². The highest BCUT2D eigenvalue weighted by Gasteiger charge is 2.44. The van der Waals surface area contributed by atoms with E-state index < -0.39 is 11.9 Å². The van der Waals surface area contributed by atoms with Gasteiger partial charge < -0.3 is 14.1 Å². The summed E-state index contributed by atoms with van der Waals surface area (Å²) in [7, 11) is 0. The minimum atomic E-state index is -4.57. The van der Waals surface area contributed by atoms with Gasteiger partial charge in [-0.3, -0.25) is 0 Å². The van der Waals surface area contributed by atoms with Crippen LogP contribution in [0.3, 0.4) is 0 Å². The van der Waals surface area contributed by atoms with Crippen molar-refractivity contribution in [2.75, 3.05) is 26.3 Å². The third-order valence-electron chi connectivity index (χ3n) is 4.27. The average molecular weight is 396 g/mol. The van der Waals surface area contributed by atoms with Gasteiger partial charge in [-0.05, 0) is 19.1 Å². The van der Waals surface area contributed by atoms with Crippen molar-refractivity contribution in [1.29, 1.82) is 0 Å². The lowest BCUT2D eigenvalue weighted by molar-refractivity contribution is -0.0577. The van der Waals surface area contributed by atoms with Crippen molar-refractivity contribution >= 4 is 39.8 Å². The van der Waals surface area contributed by atoms with Crippen molar-refractivity contribution in [3.63, 3.8) is 0 Å². The van der Waals surface area contributed by atoms with E-state index in [1.165, 1.54) is 0 Å². The van der Waals surface area contributed by atoms with Gasteiger partial charge in [0.1, 0.15) is 10.6 Å². The molecule has 0 bridgehead atoms. The van der Waals surface area contributed by atoms with Gasteiger partial charge in [0.15, 0.2) is 11.3 Å². The molecule has 2 aliphatic rings. The number of allylic oxidation sites excluding steroid dienone is 1. The maximum Gasteiger partial charge on any atom is 0.434 e. The lowest BCUT2D eigenvalue weighted by Gasteiger charge is -2.30. The van der Waals surface area contributed by atoms with Crippen LogP contribution >= 0.6 is 11.9 Å². The Balaban J connectivity index is 1.76. The van der Waals surface area contributed by atoms with Gasteiger partial charge in [0, 0.05) is 30.7 Å². The van der Waals surface area contributed by atoms with Crippen molar-refractivity contribution in [3.05, 3.63) is 35.5 Å². The molecule has 0 amide bonds. The second-order valence-corrected chi connectivity index (χ2v) is 6.72. The van der Waals surface area contributed by atoms with Crippen LogP contribution in [0, 0.1) is 0 Å². The van der Waals surface area contributed by atoms with Gasteiger partial charge in [0.25, 0.3) is 0 Å². The van der Waals surface area contributed by atoms with Crippen molar-refractivity contribution in [2.45, 2.75) is 13.1 Å². The first-order chi connectivity index (χ1) is 12.9. The van der Waals surface area contributed by atoms with Crippen LogP contribution in [0.1, 0.15) is 6.92 Å². The highest BCUT2D eigenvalue weighted by Crippen LogP contribution is 2.37. The minimum absolute atomic E-state index is 0.00426. The molecule has 10 heteroatoms. The Morgan fingerprint density at radius 1 is 1.22 bits per heavy atom. The first-order valence-electron chi connectivity index (χ1n) is 8.24. The van der Waals surface area contributed by atoms with Crippen molar-refractivity contribution < 1.29 is 22.3 Å². The summed E-state index contributed by atoms with van der Waals surface area (Å²) in [5, 5.41) is 0.123. The van der Waals surface area contributed by atoms with Crippen LogP contribution in [0.5, 0.6) is 0 Å². The molecule has 0 radical (unpaired) electrons. The largest absolute Gasteiger partial charge is 0.434 e. The molecule has 0 aliphatic carbocycles. The van der Waals surface area contributed by atoms with E-state index in [0.29, 0.717) is 55.0 Å². The normalized spacial score (nSPS) is 21.9. The number of fused-ring (bicyclic) bond motifs is 1. The SMILES string of the molecule is C/C(=C1\C(C(F)(F)F)=NS\C1=N/c1nc2ccccc2o1)N1CCOCC1. The van der Waals surface area contributed by atoms with E-state index in [4.69, 9.17) is 9.15 Å². The molecular formula is C17H15F3N4O2S. The molecule has 0 atom stereocenters. The van der Waals surface area contributed by atoms with Crippen molar-refractivity contribution in [2.24, 2.45) is 9.39 Å². The average Bonchev–Trinajstić information content (AvgIpc) is 3.25. The molecule has 0 spiro atoms. The summed E-state index contributed by atoms with van der Waals surface area (Å²) < 4.78 is 54.9. The van der Waals surface area contributed by atoms with Crippen molar-refractivity contribution in [3.8, 4) is 0 Å². The second kappa shape index (κ2) is 7.01. The molecule has 6 nitrogen and oxygen atoms in total. The fourth-order valence-corrected chi connectivity index (χ4v) is 3.76. The highest BCUT2D eigenvalue weighted by atomic mass is 32.2. The lowest BCUT2D eigenvalue weighted by atomic mass is 10.1. The van der Waals surface area contributed by atoms with E-state index in [9.17, 15) is 13.2 Å². The number of hydrogen-bond acceptors (Lipinski definition) is 7. The first kappa shape index (κ1) is 18.1. The minimum Gasteiger partial charge on any atom is -0.422 e. The van der Waals surface area contributed by atoms with Gasteiger partial charge in [0.05, 0.1) is 18.8 Å². The molecule has 1 fully saturated rings. The second-order valence-electron chi connectivity index (χ2n) is 5.97. The molecule has 2 aliphatic heterocycles. The summed E-state index contributed by atoms with van der Waals surface area (Å²) in [6.07, 6.45) is -4.57. The third kappa shape index (κ3) is 3.59. The van der Waals surface area contributed by atoms with Crippen LogP contribution in [0.25, 0.3) is 11.1 Å². The summed E-state index contributed by atoms with van der Waals surface area (Å²) in [4.78, 5) is 10.3. The fraction of sp³-hybridized carbons (Fsp3) is 0.353. The number of hydrogen-bond donors (Lipinski definition) is 0. The molecule has 4 rings (SSSR count). The van der Waals surface area contributed by atoms with Crippen LogP contribution in [0.2, 0.25) is 0 Å². The monoisotopic (exact) mass is 396 g/mol. The predicted molar refractivity (Wildman–Crippen MR) is 97.3 cm³/mol. The van der Waals surface area contributed by atoms with Gasteiger partial charge in [0.2, 0.25) is 0 Å². The number of oxazole rings is 1. The molecule has 27 heavy (non-hydrogen) atoms. The Kier molecular flexibility index (Phi) is 4.68. The van der Waals surface area contributed by atoms with Crippen LogP contribution < -0.4 is 0 Å². The third-order valence-corrected chi connectivity index (χ3v) is 5.01. The lowest BCUT2D eigenvalue weighted by Crippen LogP contribution is -2.37. The van der Waals surface area contributed by atoms with Crippen LogP contribution in [-0.4, -0.2) is 53.1 Å². The number of alkyl halides is 3. The summed E-state index contributed by atoms with van der Waals surface area (Å²) in [5.41, 5.74) is 0.608. The van der Waals surface area contributed by atoms with Gasteiger partial charge >= 0.3 is 12.2 Å². The zero-order chi connectivity index (χ0) is 19.0. The van der Waals surface area contributed by atoms with Crippen LogP contribution in [-0.2, 0) is 4.74 Å². The molecule has 0 N–H and O–H groups in total. The number of rotatable bonds is 2. The zero-order valence-electron chi connectivity index (χ0n) is 14.3. The fourth-order valence-electron chi connectivity index (χ4n) is 2.93. The molecule has 3 heterocycles. The number of halogens is 3. The maximum atomic E-state index is 13.5. The molecular weight excluding hydrogens is 381 g/mol. The van der Waals surface area contributed by atoms with E-state index in [2.05, 4.69) is 14.4 Å². The van der Waals surface area contributed by atoms with E-state index in [1.54, 1.807) is 31.2 Å². The number of aliphatic imine (C=N–C) groups is 1. The number of para-hydroxylation sites is 2. The van der Waals surface area contributed by atoms with Gasteiger partial charge in [-0.25, -0.2) is 4.40 Å². The summed E-state index contributed by atoms with van der Waals surface area (Å²) in [6.45, 7) is 3.61. The number of aromatic nitrogens is 1. The topological polar surface area (TPSA) is 63.2 Å². The smallest absolute Gasteiger partial charge is 0.422 e. The van der Waals surface area contributed by atoms with E-state index in [1.807, 2.05) is 4.90 Å². The summed E-state index contributed by atoms with van der Waals surface area (Å²) in [6, 6.07) is 7.06. The molecule has 2 aromatic rings. The molecule has 0 saturated carbocycles. The van der Waals surface area contributed by atoms with Crippen LogP contribution in [0.4, 0.5) is 19.2 Å². The summed E-state index contributed by atoms with van der Waals surface area (Å²) in [5.74, 6) is 0. The summed E-state index contributed by atoms with van der Waals surface area (Å²) >= 11 is 0.685. The number of benzene rings is 1. The standard InChI is InChI=1S/C17H15F3N4O2S/c1-10(24-6-8-25-9-7-24)13-14(17(18,19)20)23-27-15(13)22-16-21-11-4-2-3-5-12(11)26-16/h2-5H,6-9H2,1H3/b13-10-,22-15-. The van der Waals surface area contributed by atoms with E-state index in [-0.39, 0.29) is 16.6 Å². The van der Waals surface area contributed by atoms with E-state index in [0.717, 1.165) is 0 Å². The Labute approximate surface area is 156 Å². The van der Waals surface area contributed by atoms with Gasteiger partial charge in [-0.15, -0.1) is 0 Å². The zero-order valence-corrected chi connectivity index (χ0v) is 15.1. The quantitative estimate of drug-likeness (QED) is 0.715. The Hall–Kier alpha value is -2.33. The molecule has 1 aromatic carbocycles. The molecule has 1 aromatic heterocycles. The highest BCUT2D eigenvalue weighted by molar-refractivity contribution is 8.14. The van der Waals surface area contributed by atoms with Gasteiger partial charge in [-0.2, -0.15) is 23.1 Å². The number of morpholine rings is 1. The number of ether oxygens (including phenoxy) is 1. The molecule has 0 unspecified atom stereocenters. The first-order valence-corrected chi connectivity index (χ1v) is 9.01. The molecule has 142 valence electrons. The predicted octanol–water partition coefficient (Wildman–Crippen LogP) is 4.13. The maximum absolute atomic E-state index is 13.5. The Morgan fingerprint density at radius 2 is 1.96 bits per heavy atom. The Bertz CT molecular complexity index is 925. The van der Waals surface area contributed by atoms with Crippen molar-refractivity contribution in [1.82, 2.24) is 9.88 Å². The Morgan fingerprint density at radius 3 is 2.67 bits per heavy atom. The van der Waals surface area contributed by atoms with Crippen LogP contribution in [0.15, 0.2) is 49.3 Å².